The second-order valence-electron chi connectivity index (χ2n) is 3.62. The van der Waals surface area contributed by atoms with Gasteiger partial charge in [0.15, 0.2) is 0 Å². The van der Waals surface area contributed by atoms with Gasteiger partial charge in [0.2, 0.25) is 0 Å². The van der Waals surface area contributed by atoms with Crippen molar-refractivity contribution in [3.05, 3.63) is 35.1 Å². The summed E-state index contributed by atoms with van der Waals surface area (Å²) in [6.45, 7) is 5.78. The van der Waals surface area contributed by atoms with Crippen molar-refractivity contribution >= 4 is 11.8 Å². The van der Waals surface area contributed by atoms with Crippen LogP contribution in [0, 0.1) is 20.8 Å². The minimum Gasteiger partial charge on any atom is -0.360 e. The zero-order valence-corrected chi connectivity index (χ0v) is 10.3. The molecule has 0 spiro atoms. The van der Waals surface area contributed by atoms with Gasteiger partial charge in [0, 0.05) is 11.8 Å². The Labute approximate surface area is 98.5 Å². The quantitative estimate of drug-likeness (QED) is 0.604. The van der Waals surface area contributed by atoms with E-state index in [-0.39, 0.29) is 0 Å². The largest absolute Gasteiger partial charge is 0.360 e. The van der Waals surface area contributed by atoms with E-state index >= 15 is 0 Å². The lowest BCUT2D eigenvalue weighted by Gasteiger charge is -2.01. The van der Waals surface area contributed by atoms with E-state index in [1.807, 2.05) is 32.9 Å². The van der Waals surface area contributed by atoms with Crippen molar-refractivity contribution < 1.29 is 4.52 Å². The molecule has 0 unspecified atom stereocenters. The van der Waals surface area contributed by atoms with E-state index in [2.05, 4.69) is 15.1 Å². The van der Waals surface area contributed by atoms with E-state index in [0.717, 1.165) is 33.8 Å². The highest BCUT2D eigenvalue weighted by molar-refractivity contribution is 7.98. The van der Waals surface area contributed by atoms with Gasteiger partial charge in [0.25, 0.3) is 0 Å². The standard InChI is InChI=1S/C11H13N3OS/c1-7-5-11(13-9(3)12-7)16-6-10-4-8(2)14-15-10/h4-5H,6H2,1-3H3. The van der Waals surface area contributed by atoms with Gasteiger partial charge >= 0.3 is 0 Å². The fraction of sp³-hybridized carbons (Fsp3) is 0.364. The average molecular weight is 235 g/mol. The molecule has 2 aromatic rings. The lowest BCUT2D eigenvalue weighted by Crippen LogP contribution is -1.92. The molecular weight excluding hydrogens is 222 g/mol. The predicted molar refractivity (Wildman–Crippen MR) is 62.3 cm³/mol. The molecule has 0 bridgehead atoms. The highest BCUT2D eigenvalue weighted by atomic mass is 32.2. The molecule has 0 amide bonds. The van der Waals surface area contributed by atoms with Gasteiger partial charge in [-0.15, -0.1) is 0 Å². The third-order valence-corrected chi connectivity index (χ3v) is 2.92. The summed E-state index contributed by atoms with van der Waals surface area (Å²) in [5, 5.41) is 4.81. The second kappa shape index (κ2) is 4.65. The molecule has 84 valence electrons. The summed E-state index contributed by atoms with van der Waals surface area (Å²) in [6.07, 6.45) is 0. The first-order chi connectivity index (χ1) is 7.63. The van der Waals surface area contributed by atoms with Crippen LogP contribution >= 0.6 is 11.8 Å². The van der Waals surface area contributed by atoms with Crippen LogP contribution in [0.1, 0.15) is 23.0 Å². The molecular formula is C11H13N3OS. The fourth-order valence-electron chi connectivity index (χ4n) is 1.39. The molecule has 0 saturated heterocycles. The molecule has 0 aliphatic rings. The monoisotopic (exact) mass is 235 g/mol. The van der Waals surface area contributed by atoms with Crippen LogP contribution in [0.2, 0.25) is 0 Å². The second-order valence-corrected chi connectivity index (χ2v) is 4.61. The fourth-order valence-corrected chi connectivity index (χ4v) is 2.26. The zero-order valence-electron chi connectivity index (χ0n) is 9.52. The third kappa shape index (κ3) is 2.82. The average Bonchev–Trinajstić information content (AvgIpc) is 2.60. The van der Waals surface area contributed by atoms with Gasteiger partial charge in [-0.2, -0.15) is 0 Å². The Bertz CT molecular complexity index is 475. The summed E-state index contributed by atoms with van der Waals surface area (Å²) in [4.78, 5) is 8.58. The highest BCUT2D eigenvalue weighted by Gasteiger charge is 2.04. The molecule has 5 heteroatoms. The molecule has 2 heterocycles. The molecule has 0 aliphatic heterocycles. The van der Waals surface area contributed by atoms with Crippen LogP contribution in [0.4, 0.5) is 0 Å². The van der Waals surface area contributed by atoms with E-state index < -0.39 is 0 Å². The minimum atomic E-state index is 0.747. The van der Waals surface area contributed by atoms with Gasteiger partial charge in [-0.1, -0.05) is 16.9 Å². The normalized spacial score (nSPS) is 10.7. The Hall–Kier alpha value is -1.36. The maximum Gasteiger partial charge on any atom is 0.147 e. The molecule has 0 saturated carbocycles. The zero-order chi connectivity index (χ0) is 11.5. The molecule has 0 radical (unpaired) electrons. The first-order valence-corrected chi connectivity index (χ1v) is 5.99. The summed E-state index contributed by atoms with van der Waals surface area (Å²) >= 11 is 1.63. The van der Waals surface area contributed by atoms with Gasteiger partial charge in [0.05, 0.1) is 11.4 Å². The molecule has 0 fully saturated rings. The smallest absolute Gasteiger partial charge is 0.147 e. The van der Waals surface area contributed by atoms with Gasteiger partial charge < -0.3 is 4.52 Å². The van der Waals surface area contributed by atoms with E-state index in [9.17, 15) is 0 Å². The molecule has 16 heavy (non-hydrogen) atoms. The Morgan fingerprint density at radius 3 is 2.56 bits per heavy atom. The molecule has 0 N–H and O–H groups in total. The maximum absolute atomic E-state index is 5.13. The van der Waals surface area contributed by atoms with Crippen LogP contribution in [-0.4, -0.2) is 15.1 Å². The highest BCUT2D eigenvalue weighted by Crippen LogP contribution is 2.21. The van der Waals surface area contributed by atoms with Gasteiger partial charge in [0.1, 0.15) is 16.6 Å². The lowest BCUT2D eigenvalue weighted by atomic mass is 10.4. The van der Waals surface area contributed by atoms with E-state index in [1.54, 1.807) is 11.8 Å². The minimum absolute atomic E-state index is 0.747. The predicted octanol–water partition coefficient (Wildman–Crippen LogP) is 2.68. The van der Waals surface area contributed by atoms with Crippen LogP contribution in [0.5, 0.6) is 0 Å². The van der Waals surface area contributed by atoms with Gasteiger partial charge in [-0.3, -0.25) is 0 Å². The SMILES string of the molecule is Cc1cc(CSc2cc(C)nc(C)n2)on1. The first kappa shape index (κ1) is 11.1. The van der Waals surface area contributed by atoms with Gasteiger partial charge in [-0.25, -0.2) is 9.97 Å². The molecule has 0 atom stereocenters. The molecule has 0 aliphatic carbocycles. The van der Waals surface area contributed by atoms with Crippen LogP contribution in [0.25, 0.3) is 0 Å². The Morgan fingerprint density at radius 2 is 1.94 bits per heavy atom. The number of aryl methyl sites for hydroxylation is 3. The number of hydrogen-bond acceptors (Lipinski definition) is 5. The van der Waals surface area contributed by atoms with E-state index in [1.165, 1.54) is 0 Å². The van der Waals surface area contributed by atoms with Crippen LogP contribution < -0.4 is 0 Å². The van der Waals surface area contributed by atoms with Crippen molar-refractivity contribution in [2.24, 2.45) is 0 Å². The van der Waals surface area contributed by atoms with E-state index in [4.69, 9.17) is 4.52 Å². The van der Waals surface area contributed by atoms with Crippen LogP contribution in [-0.2, 0) is 5.75 Å². The summed E-state index contributed by atoms with van der Waals surface area (Å²) in [5.41, 5.74) is 1.90. The van der Waals surface area contributed by atoms with Crippen molar-refractivity contribution in [3.8, 4) is 0 Å². The molecule has 2 rings (SSSR count). The van der Waals surface area contributed by atoms with Crippen LogP contribution in [0.3, 0.4) is 0 Å². The molecule has 4 nitrogen and oxygen atoms in total. The van der Waals surface area contributed by atoms with Crippen molar-refractivity contribution in [1.82, 2.24) is 15.1 Å². The number of hydrogen-bond donors (Lipinski definition) is 0. The number of aromatic nitrogens is 3. The summed E-state index contributed by atoms with van der Waals surface area (Å²) in [6, 6.07) is 3.91. The van der Waals surface area contributed by atoms with Crippen molar-refractivity contribution in [2.75, 3.05) is 0 Å². The number of nitrogens with zero attached hydrogens (tertiary/aromatic N) is 3. The first-order valence-electron chi connectivity index (χ1n) is 5.01. The Kier molecular flexibility index (Phi) is 3.24. The Morgan fingerprint density at radius 1 is 1.12 bits per heavy atom. The number of rotatable bonds is 3. The summed E-state index contributed by atoms with van der Waals surface area (Å²) < 4.78 is 5.13. The number of thioether (sulfide) groups is 1. The summed E-state index contributed by atoms with van der Waals surface area (Å²) in [7, 11) is 0. The van der Waals surface area contributed by atoms with Gasteiger partial charge in [-0.05, 0) is 26.8 Å². The Balaban J connectivity index is 2.04. The van der Waals surface area contributed by atoms with E-state index in [0.29, 0.717) is 0 Å². The maximum atomic E-state index is 5.13. The topological polar surface area (TPSA) is 51.8 Å². The lowest BCUT2D eigenvalue weighted by molar-refractivity contribution is 0.391. The molecule has 0 aromatic carbocycles. The summed E-state index contributed by atoms with van der Waals surface area (Å²) in [5.74, 6) is 2.42. The van der Waals surface area contributed by atoms with Crippen molar-refractivity contribution in [3.63, 3.8) is 0 Å². The third-order valence-electron chi connectivity index (χ3n) is 1.98. The molecule has 2 aromatic heterocycles. The van der Waals surface area contributed by atoms with Crippen molar-refractivity contribution in [1.29, 1.82) is 0 Å². The van der Waals surface area contributed by atoms with Crippen LogP contribution in [0.15, 0.2) is 21.7 Å². The van der Waals surface area contributed by atoms with Crippen molar-refractivity contribution in [2.45, 2.75) is 31.6 Å².